The highest BCUT2D eigenvalue weighted by Gasteiger charge is 2.30. The van der Waals surface area contributed by atoms with E-state index in [2.05, 4.69) is 17.6 Å². The van der Waals surface area contributed by atoms with E-state index in [4.69, 9.17) is 4.74 Å². The van der Waals surface area contributed by atoms with Crippen LogP contribution in [-0.4, -0.2) is 37.2 Å². The van der Waals surface area contributed by atoms with Gasteiger partial charge < -0.3 is 15.4 Å². The van der Waals surface area contributed by atoms with Gasteiger partial charge in [0, 0.05) is 12.6 Å². The maximum Gasteiger partial charge on any atom is 0.323 e. The minimum atomic E-state index is -0.102. The zero-order valence-corrected chi connectivity index (χ0v) is 12.0. The highest BCUT2D eigenvalue weighted by molar-refractivity contribution is 5.76. The Morgan fingerprint density at radius 3 is 2.83 bits per heavy atom. The molecule has 0 aliphatic carbocycles. The molecular formula is C14H28N2O2. The Kier molecular flexibility index (Phi) is 7.28. The maximum absolute atomic E-state index is 11.7. The second-order valence-corrected chi connectivity index (χ2v) is 5.39. The predicted molar refractivity (Wildman–Crippen MR) is 73.6 cm³/mol. The number of rotatable bonds is 8. The van der Waals surface area contributed by atoms with E-state index >= 15 is 0 Å². The summed E-state index contributed by atoms with van der Waals surface area (Å²) in [6.45, 7) is 8.02. The quantitative estimate of drug-likeness (QED) is 0.514. The topological polar surface area (TPSA) is 50.4 Å². The second-order valence-electron chi connectivity index (χ2n) is 5.39. The zero-order chi connectivity index (χ0) is 13.4. The molecule has 0 aromatic rings. The fourth-order valence-corrected chi connectivity index (χ4v) is 2.26. The maximum atomic E-state index is 11.7. The third-order valence-corrected chi connectivity index (χ3v) is 3.22. The summed E-state index contributed by atoms with van der Waals surface area (Å²) in [6.07, 6.45) is 5.71. The summed E-state index contributed by atoms with van der Waals surface area (Å²) in [5.41, 5.74) is 0. The third-order valence-electron chi connectivity index (χ3n) is 3.22. The summed E-state index contributed by atoms with van der Waals surface area (Å²) in [5, 5.41) is 6.80. The average Bonchev–Trinajstić information content (AvgIpc) is 2.77. The van der Waals surface area contributed by atoms with Crippen molar-refractivity contribution in [2.45, 2.75) is 71.1 Å². The van der Waals surface area contributed by atoms with Crippen molar-refractivity contribution in [2.75, 3.05) is 13.1 Å². The molecular weight excluding hydrogens is 228 g/mol. The first-order chi connectivity index (χ1) is 8.63. The van der Waals surface area contributed by atoms with Crippen LogP contribution in [0, 0.1) is 0 Å². The van der Waals surface area contributed by atoms with E-state index in [9.17, 15) is 4.79 Å². The molecule has 0 amide bonds. The van der Waals surface area contributed by atoms with E-state index in [1.807, 2.05) is 13.8 Å². The molecule has 1 heterocycles. The molecule has 1 aliphatic rings. The van der Waals surface area contributed by atoms with Crippen molar-refractivity contribution in [3.05, 3.63) is 0 Å². The molecule has 1 aliphatic heterocycles. The molecule has 4 nitrogen and oxygen atoms in total. The van der Waals surface area contributed by atoms with Crippen LogP contribution in [0.1, 0.15) is 52.9 Å². The summed E-state index contributed by atoms with van der Waals surface area (Å²) in [6, 6.07) is 0.311. The van der Waals surface area contributed by atoms with Gasteiger partial charge in [0.05, 0.1) is 6.10 Å². The van der Waals surface area contributed by atoms with Gasteiger partial charge in [0.15, 0.2) is 0 Å². The third kappa shape index (κ3) is 5.83. The number of esters is 1. The lowest BCUT2D eigenvalue weighted by Gasteiger charge is -2.15. The van der Waals surface area contributed by atoms with Gasteiger partial charge in [-0.2, -0.15) is 0 Å². The summed E-state index contributed by atoms with van der Waals surface area (Å²) in [5.74, 6) is -0.0986. The van der Waals surface area contributed by atoms with E-state index in [0.717, 1.165) is 25.9 Å². The van der Waals surface area contributed by atoms with Crippen LogP contribution in [-0.2, 0) is 9.53 Å². The summed E-state index contributed by atoms with van der Waals surface area (Å²) < 4.78 is 5.22. The van der Waals surface area contributed by atoms with Crippen molar-refractivity contribution in [1.29, 1.82) is 0 Å². The molecule has 2 unspecified atom stereocenters. The van der Waals surface area contributed by atoms with Crippen molar-refractivity contribution in [1.82, 2.24) is 10.6 Å². The van der Waals surface area contributed by atoms with Crippen LogP contribution in [0.15, 0.2) is 0 Å². The first-order valence-electron chi connectivity index (χ1n) is 7.30. The molecule has 0 aromatic carbocycles. The molecule has 18 heavy (non-hydrogen) atoms. The van der Waals surface area contributed by atoms with Crippen LogP contribution in [0.3, 0.4) is 0 Å². The summed E-state index contributed by atoms with van der Waals surface area (Å²) >= 11 is 0. The van der Waals surface area contributed by atoms with Gasteiger partial charge in [-0.25, -0.2) is 0 Å². The molecule has 1 rings (SSSR count). The Labute approximate surface area is 111 Å². The normalized spacial score (nSPS) is 23.6. The van der Waals surface area contributed by atoms with E-state index < -0.39 is 0 Å². The lowest BCUT2D eigenvalue weighted by Crippen LogP contribution is -2.42. The SMILES string of the molecule is CCCCCNCC1CCC(C(=O)OC(C)C)N1. The molecule has 2 N–H and O–H groups in total. The van der Waals surface area contributed by atoms with Crippen LogP contribution < -0.4 is 10.6 Å². The van der Waals surface area contributed by atoms with Gasteiger partial charge in [0.2, 0.25) is 0 Å². The number of hydrogen-bond donors (Lipinski definition) is 2. The van der Waals surface area contributed by atoms with E-state index in [1.165, 1.54) is 19.3 Å². The monoisotopic (exact) mass is 256 g/mol. The number of hydrogen-bond acceptors (Lipinski definition) is 4. The summed E-state index contributed by atoms with van der Waals surface area (Å²) in [7, 11) is 0. The Balaban J connectivity index is 2.11. The number of unbranched alkanes of at least 4 members (excludes halogenated alkanes) is 2. The Hall–Kier alpha value is -0.610. The zero-order valence-electron chi connectivity index (χ0n) is 12.0. The highest BCUT2D eigenvalue weighted by atomic mass is 16.5. The Morgan fingerprint density at radius 1 is 1.39 bits per heavy atom. The van der Waals surface area contributed by atoms with Crippen molar-refractivity contribution < 1.29 is 9.53 Å². The Bertz CT molecular complexity index is 244. The number of carbonyl (C=O) groups is 1. The van der Waals surface area contributed by atoms with Gasteiger partial charge in [-0.1, -0.05) is 19.8 Å². The van der Waals surface area contributed by atoms with Gasteiger partial charge in [-0.15, -0.1) is 0 Å². The minimum absolute atomic E-state index is 0.0227. The molecule has 2 atom stereocenters. The van der Waals surface area contributed by atoms with E-state index in [1.54, 1.807) is 0 Å². The standard InChI is InChI=1S/C14H28N2O2/c1-4-5-6-9-15-10-12-7-8-13(16-12)14(17)18-11(2)3/h11-13,15-16H,4-10H2,1-3H3. The largest absolute Gasteiger partial charge is 0.462 e. The first kappa shape index (κ1) is 15.4. The fourth-order valence-electron chi connectivity index (χ4n) is 2.26. The number of ether oxygens (including phenoxy) is 1. The first-order valence-corrected chi connectivity index (χ1v) is 7.30. The number of nitrogens with one attached hydrogen (secondary N) is 2. The van der Waals surface area contributed by atoms with Crippen LogP contribution in [0.5, 0.6) is 0 Å². The van der Waals surface area contributed by atoms with Gasteiger partial charge in [0.25, 0.3) is 0 Å². The lowest BCUT2D eigenvalue weighted by molar-refractivity contribution is -0.149. The highest BCUT2D eigenvalue weighted by Crippen LogP contribution is 2.13. The van der Waals surface area contributed by atoms with Crippen molar-refractivity contribution in [3.8, 4) is 0 Å². The van der Waals surface area contributed by atoms with Gasteiger partial charge in [-0.3, -0.25) is 4.79 Å². The van der Waals surface area contributed by atoms with Crippen LogP contribution in [0.4, 0.5) is 0 Å². The second kappa shape index (κ2) is 8.48. The average molecular weight is 256 g/mol. The van der Waals surface area contributed by atoms with Crippen LogP contribution in [0.2, 0.25) is 0 Å². The molecule has 0 bridgehead atoms. The van der Waals surface area contributed by atoms with E-state index in [0.29, 0.717) is 6.04 Å². The van der Waals surface area contributed by atoms with Crippen LogP contribution in [0.25, 0.3) is 0 Å². The molecule has 1 saturated heterocycles. The minimum Gasteiger partial charge on any atom is -0.462 e. The molecule has 0 saturated carbocycles. The molecule has 0 radical (unpaired) electrons. The van der Waals surface area contributed by atoms with E-state index in [-0.39, 0.29) is 18.1 Å². The molecule has 0 spiro atoms. The Morgan fingerprint density at radius 2 is 2.17 bits per heavy atom. The van der Waals surface area contributed by atoms with Gasteiger partial charge in [0.1, 0.15) is 6.04 Å². The van der Waals surface area contributed by atoms with Gasteiger partial charge in [-0.05, 0) is 39.7 Å². The number of carbonyl (C=O) groups excluding carboxylic acids is 1. The van der Waals surface area contributed by atoms with Crippen molar-refractivity contribution in [3.63, 3.8) is 0 Å². The smallest absolute Gasteiger partial charge is 0.323 e. The van der Waals surface area contributed by atoms with Crippen molar-refractivity contribution in [2.24, 2.45) is 0 Å². The summed E-state index contributed by atoms with van der Waals surface area (Å²) in [4.78, 5) is 11.7. The van der Waals surface area contributed by atoms with Crippen molar-refractivity contribution >= 4 is 5.97 Å². The molecule has 106 valence electrons. The fraction of sp³-hybridized carbons (Fsp3) is 0.929. The molecule has 1 fully saturated rings. The van der Waals surface area contributed by atoms with Gasteiger partial charge >= 0.3 is 5.97 Å². The lowest BCUT2D eigenvalue weighted by atomic mass is 10.2. The predicted octanol–water partition coefficient (Wildman–Crippen LogP) is 1.84. The molecule has 4 heteroatoms. The van der Waals surface area contributed by atoms with Crippen LogP contribution >= 0.6 is 0 Å². The molecule has 0 aromatic heterocycles.